The molecule has 0 unspecified atom stereocenters. The largest absolute Gasteiger partial charge is 0.514 e. The maximum absolute atomic E-state index is 14.5. The number of carbonyl (C=O) groups is 7. The number of amides is 5. The van der Waals surface area contributed by atoms with E-state index in [9.17, 15) is 33.6 Å². The van der Waals surface area contributed by atoms with E-state index in [4.69, 9.17) is 29.4 Å². The smallest absolute Gasteiger partial charge is 0.460 e. The minimum atomic E-state index is -1.22. The molecule has 2 aromatic rings. The van der Waals surface area contributed by atoms with Gasteiger partial charge >= 0.3 is 24.3 Å². The van der Waals surface area contributed by atoms with Crippen LogP contribution in [0.1, 0.15) is 146 Å². The number of esters is 1. The van der Waals surface area contributed by atoms with Crippen molar-refractivity contribution in [3.8, 4) is 5.75 Å². The average molecular weight is 1120 g/mol. The van der Waals surface area contributed by atoms with Gasteiger partial charge in [-0.05, 0) is 229 Å². The Hall–Kier alpha value is -5.91. The van der Waals surface area contributed by atoms with Crippen molar-refractivity contribution in [3.63, 3.8) is 0 Å². The van der Waals surface area contributed by atoms with Gasteiger partial charge in [-0.1, -0.05) is 42.5 Å². The standard InChI is InChI=1S/C63H86N6O12/c64-51(10-4-6-16-65-61(74)79-55-44-21-38-18-39(23-44)24-45(55)22-38)58(71)69-53(33-36-12-14-50(15-13-36)78-63(76)81-57-48-29-42-20-43(31-48)32-49(57)30-42)60(73)68-52(59(72)67-34-54(70)77-35-37-8-2-1-3-9-37)11-5-7-17-66-62(75)80-56-46-25-40-19-41(27-46)28-47(56)26-40/h1-3,8-9,12-15,38-49,51-53,55-57H,4-7,10-11,16-35,64H2,(H,65,74)(H,66,75)(H,67,72)(H,68,73)(H,69,71)/t38?,39?,40?,41?,42?,43?,44?,45?,46?,47?,48?,49?,51-,52-,53-,55?,56?,57?/m0/s1. The Bertz CT molecular complexity index is 2460. The highest BCUT2D eigenvalue weighted by atomic mass is 16.7. The second-order valence-corrected chi connectivity index (χ2v) is 26.3. The highest BCUT2D eigenvalue weighted by molar-refractivity contribution is 5.94. The predicted molar refractivity (Wildman–Crippen MR) is 298 cm³/mol. The van der Waals surface area contributed by atoms with Crippen LogP contribution in [0.3, 0.4) is 0 Å². The van der Waals surface area contributed by atoms with Crippen LogP contribution in [0.25, 0.3) is 0 Å². The van der Waals surface area contributed by atoms with Crippen molar-refractivity contribution in [2.45, 2.75) is 184 Å². The lowest BCUT2D eigenvalue weighted by Gasteiger charge is -2.53. The number of hydrogen-bond donors (Lipinski definition) is 6. The summed E-state index contributed by atoms with van der Waals surface area (Å²) in [6.07, 6.45) is 18.0. The number of ether oxygens (including phenoxy) is 5. The SMILES string of the molecule is N[C@@H](CCCCNC(=O)OC1C2CC3CC(C2)CC1C3)C(=O)N[C@@H](Cc1ccc(OC(=O)OC2C3CC4CC(C3)CC2C4)cc1)C(=O)N[C@@H](CCCCNC(=O)OC1C2CC3CC(C2)CC1C3)C(=O)NCC(=O)OCc1ccccc1. The third-order valence-corrected chi connectivity index (χ3v) is 20.4. The number of hydrogen-bond acceptors (Lipinski definition) is 13. The number of nitrogens with two attached hydrogens (primary N) is 1. The molecule has 2 aromatic carbocycles. The lowest BCUT2D eigenvalue weighted by molar-refractivity contribution is -0.145. The Balaban J connectivity index is 0.697. The van der Waals surface area contributed by atoms with Crippen LogP contribution in [0.2, 0.25) is 0 Å². The van der Waals surface area contributed by atoms with Gasteiger partial charge in [-0.15, -0.1) is 0 Å². The maximum atomic E-state index is 14.5. The minimum absolute atomic E-state index is 0.0138. The van der Waals surface area contributed by atoms with Gasteiger partial charge in [0.25, 0.3) is 0 Å². The van der Waals surface area contributed by atoms with Crippen LogP contribution in [0.4, 0.5) is 14.4 Å². The molecule has 81 heavy (non-hydrogen) atoms. The maximum Gasteiger partial charge on any atom is 0.514 e. The van der Waals surface area contributed by atoms with Gasteiger partial charge < -0.3 is 56.0 Å². The van der Waals surface area contributed by atoms with Gasteiger partial charge in [0.2, 0.25) is 17.7 Å². The summed E-state index contributed by atoms with van der Waals surface area (Å²) in [6, 6.07) is 12.4. The van der Waals surface area contributed by atoms with E-state index in [1.807, 2.05) is 30.3 Å². The molecule has 18 heteroatoms. The molecule has 0 aromatic heterocycles. The van der Waals surface area contributed by atoms with Crippen molar-refractivity contribution in [2.75, 3.05) is 19.6 Å². The van der Waals surface area contributed by atoms with Gasteiger partial charge in [0, 0.05) is 19.5 Å². The molecule has 0 saturated heterocycles. The summed E-state index contributed by atoms with van der Waals surface area (Å²) >= 11 is 0. The number of benzene rings is 2. The van der Waals surface area contributed by atoms with E-state index in [1.165, 1.54) is 19.3 Å². The molecule has 12 saturated carbocycles. The van der Waals surface area contributed by atoms with E-state index >= 15 is 0 Å². The molecule has 0 spiro atoms. The monoisotopic (exact) mass is 1120 g/mol. The summed E-state index contributed by atoms with van der Waals surface area (Å²) in [5.74, 6) is 4.78. The third-order valence-electron chi connectivity index (χ3n) is 20.4. The van der Waals surface area contributed by atoms with Crippen LogP contribution in [0.15, 0.2) is 54.6 Å². The van der Waals surface area contributed by atoms with Gasteiger partial charge in [-0.25, -0.2) is 14.4 Å². The summed E-state index contributed by atoms with van der Waals surface area (Å²) in [4.78, 5) is 94.3. The van der Waals surface area contributed by atoms with Crippen molar-refractivity contribution in [3.05, 3.63) is 65.7 Å². The number of unbranched alkanes of at least 4 members (excludes halogenated alkanes) is 2. The predicted octanol–water partition coefficient (Wildman–Crippen LogP) is 8.17. The molecule has 12 fully saturated rings. The number of carbonyl (C=O) groups excluding carboxylic acids is 7. The summed E-state index contributed by atoms with van der Waals surface area (Å²) in [5.41, 5.74) is 7.88. The Morgan fingerprint density at radius 3 is 1.42 bits per heavy atom. The van der Waals surface area contributed by atoms with E-state index in [1.54, 1.807) is 24.3 Å². The van der Waals surface area contributed by atoms with Crippen molar-refractivity contribution in [2.24, 2.45) is 76.7 Å². The van der Waals surface area contributed by atoms with Gasteiger partial charge in [-0.3, -0.25) is 19.2 Å². The van der Waals surface area contributed by atoms with Gasteiger partial charge in [-0.2, -0.15) is 0 Å². The van der Waals surface area contributed by atoms with Crippen molar-refractivity contribution in [1.82, 2.24) is 26.6 Å². The van der Waals surface area contributed by atoms with E-state index in [-0.39, 0.29) is 49.9 Å². The molecule has 7 N–H and O–H groups in total. The molecule has 5 amide bonds. The molecule has 3 atom stereocenters. The Labute approximate surface area is 476 Å². The highest BCUT2D eigenvalue weighted by Gasteiger charge is 2.52. The van der Waals surface area contributed by atoms with E-state index in [0.717, 1.165) is 118 Å². The Kier molecular flexibility index (Phi) is 18.4. The van der Waals surface area contributed by atoms with Crippen LogP contribution in [0, 0.1) is 71.0 Å². The molecule has 0 aliphatic heterocycles. The first kappa shape index (κ1) is 56.9. The zero-order chi connectivity index (χ0) is 56.0. The zero-order valence-corrected chi connectivity index (χ0v) is 46.9. The summed E-state index contributed by atoms with van der Waals surface area (Å²) in [7, 11) is 0. The summed E-state index contributed by atoms with van der Waals surface area (Å²) in [6.45, 7) is 0.222. The van der Waals surface area contributed by atoms with Crippen LogP contribution >= 0.6 is 0 Å². The normalized spacial score (nSPS) is 32.4. The Morgan fingerprint density at radius 2 is 0.926 bits per heavy atom. The highest BCUT2D eigenvalue weighted by Crippen LogP contribution is 2.57. The molecule has 12 bridgehead atoms. The van der Waals surface area contributed by atoms with Gasteiger partial charge in [0.15, 0.2) is 0 Å². The minimum Gasteiger partial charge on any atom is -0.460 e. The summed E-state index contributed by atoms with van der Waals surface area (Å²) < 4.78 is 29.0. The van der Waals surface area contributed by atoms with E-state index in [0.29, 0.717) is 79.8 Å². The fourth-order valence-electron chi connectivity index (χ4n) is 17.3. The van der Waals surface area contributed by atoms with Crippen LogP contribution in [-0.4, -0.2) is 98.1 Å². The first-order chi connectivity index (χ1) is 39.3. The fraction of sp³-hybridized carbons (Fsp3) is 0.698. The quantitative estimate of drug-likeness (QED) is 0.0238. The third kappa shape index (κ3) is 14.7. The molecule has 18 nitrogen and oxygen atoms in total. The first-order valence-electron chi connectivity index (χ1n) is 31.0. The van der Waals surface area contributed by atoms with E-state index in [2.05, 4.69) is 26.6 Å². The van der Waals surface area contributed by atoms with Crippen molar-refractivity contribution in [1.29, 1.82) is 0 Å². The van der Waals surface area contributed by atoms with Crippen molar-refractivity contribution >= 4 is 42.0 Å². The molecule has 440 valence electrons. The van der Waals surface area contributed by atoms with Crippen LogP contribution in [-0.2, 0) is 51.2 Å². The topological polar surface area (TPSA) is 252 Å². The molecular formula is C63H86N6O12. The van der Waals surface area contributed by atoms with Crippen LogP contribution in [0.5, 0.6) is 5.75 Å². The average Bonchev–Trinajstić information content (AvgIpc) is 3.49. The van der Waals surface area contributed by atoms with Crippen molar-refractivity contribution < 1.29 is 57.2 Å². The number of nitrogens with one attached hydrogen (secondary N) is 5. The Morgan fingerprint density at radius 1 is 0.469 bits per heavy atom. The molecule has 12 aliphatic carbocycles. The molecule has 0 heterocycles. The molecule has 14 rings (SSSR count). The number of rotatable bonds is 25. The van der Waals surface area contributed by atoms with Gasteiger partial charge in [0.05, 0.1) is 6.04 Å². The number of alkyl carbamates (subject to hydrolysis) is 2. The lowest BCUT2D eigenvalue weighted by atomic mass is 9.55. The molecule has 12 aliphatic rings. The van der Waals surface area contributed by atoms with Crippen LogP contribution < -0.4 is 37.1 Å². The second kappa shape index (κ2) is 26.1. The van der Waals surface area contributed by atoms with Gasteiger partial charge in [0.1, 0.15) is 49.3 Å². The molecule has 0 radical (unpaired) electrons. The molecular weight excluding hydrogens is 1030 g/mol. The second-order valence-electron chi connectivity index (χ2n) is 26.3. The zero-order valence-electron chi connectivity index (χ0n) is 46.9. The van der Waals surface area contributed by atoms with E-state index < -0.39 is 66.7 Å². The fourth-order valence-corrected chi connectivity index (χ4v) is 17.3. The lowest BCUT2D eigenvalue weighted by Crippen LogP contribution is -2.56. The first-order valence-corrected chi connectivity index (χ1v) is 31.0. The summed E-state index contributed by atoms with van der Waals surface area (Å²) in [5, 5.41) is 14.1.